The number of benzene rings is 2. The maximum Gasteiger partial charge on any atom is 0.273 e. The van der Waals surface area contributed by atoms with Crippen molar-refractivity contribution in [1.29, 1.82) is 0 Å². The summed E-state index contributed by atoms with van der Waals surface area (Å²) in [6.45, 7) is 4.62. The largest absolute Gasteiger partial charge is 0.395 e. The molecule has 0 radical (unpaired) electrons. The minimum absolute atomic E-state index is 0.150. The Labute approximate surface area is 201 Å². The summed E-state index contributed by atoms with van der Waals surface area (Å²) in [6, 6.07) is 15.3. The predicted molar refractivity (Wildman–Crippen MR) is 132 cm³/mol. The Morgan fingerprint density at radius 1 is 1.11 bits per heavy atom. The summed E-state index contributed by atoms with van der Waals surface area (Å²) in [5, 5.41) is 21.2. The molecule has 2 aromatic heterocycles. The van der Waals surface area contributed by atoms with E-state index >= 15 is 0 Å². The van der Waals surface area contributed by atoms with Gasteiger partial charge in [0.1, 0.15) is 22.7 Å². The number of hydrogen-bond acceptors (Lipinski definition) is 6. The van der Waals surface area contributed by atoms with Crippen LogP contribution in [0.4, 0.5) is 10.1 Å². The molecule has 8 nitrogen and oxygen atoms in total. The van der Waals surface area contributed by atoms with Crippen LogP contribution in [-0.2, 0) is 0 Å². The van der Waals surface area contributed by atoms with Crippen LogP contribution in [0.3, 0.4) is 0 Å². The number of fused-ring (bicyclic) bond motifs is 3. The minimum atomic E-state index is -0.499. The molecule has 9 heteroatoms. The summed E-state index contributed by atoms with van der Waals surface area (Å²) in [6.07, 6.45) is 2.35. The lowest BCUT2D eigenvalue weighted by molar-refractivity contribution is 0.131. The molecule has 6 rings (SSSR count). The van der Waals surface area contributed by atoms with Gasteiger partial charge in [0.25, 0.3) is 5.56 Å². The monoisotopic (exact) mass is 474 g/mol. The normalized spacial score (nSPS) is 20.1. The number of H-pyrrole nitrogens is 1. The summed E-state index contributed by atoms with van der Waals surface area (Å²) < 4.78 is 15.7. The Morgan fingerprint density at radius 2 is 1.86 bits per heavy atom. The van der Waals surface area contributed by atoms with Crippen LogP contribution in [0.2, 0.25) is 0 Å². The SMILES string of the molecule is Cc1cccc(F)c1-n1nc2c(-c3ccc(N4CC5CCC(C4)N5CCO)cc3)n[nH]c2cc1=O. The van der Waals surface area contributed by atoms with Crippen LogP contribution in [0.1, 0.15) is 18.4 Å². The summed E-state index contributed by atoms with van der Waals surface area (Å²) >= 11 is 0. The van der Waals surface area contributed by atoms with Crippen molar-refractivity contribution in [3.05, 3.63) is 70.3 Å². The number of anilines is 1. The molecular weight excluding hydrogens is 447 g/mol. The lowest BCUT2D eigenvalue weighted by atomic mass is 10.1. The van der Waals surface area contributed by atoms with E-state index in [0.717, 1.165) is 35.6 Å². The highest BCUT2D eigenvalue weighted by Gasteiger charge is 2.39. The molecule has 2 atom stereocenters. The van der Waals surface area contributed by atoms with E-state index in [9.17, 15) is 14.3 Å². The van der Waals surface area contributed by atoms with Gasteiger partial charge in [-0.3, -0.25) is 14.8 Å². The molecule has 2 N–H and O–H groups in total. The van der Waals surface area contributed by atoms with Crippen molar-refractivity contribution in [3.63, 3.8) is 0 Å². The minimum Gasteiger partial charge on any atom is -0.395 e. The number of aromatic nitrogens is 4. The third-order valence-electron chi connectivity index (χ3n) is 7.34. The second-order valence-electron chi connectivity index (χ2n) is 9.43. The maximum absolute atomic E-state index is 14.6. The van der Waals surface area contributed by atoms with E-state index in [1.54, 1.807) is 19.1 Å². The molecule has 2 fully saturated rings. The molecule has 0 saturated carbocycles. The molecule has 2 unspecified atom stereocenters. The Morgan fingerprint density at radius 3 is 2.54 bits per heavy atom. The first kappa shape index (κ1) is 21.9. The molecule has 2 aliphatic rings. The molecule has 4 heterocycles. The fourth-order valence-electron chi connectivity index (χ4n) is 5.65. The van der Waals surface area contributed by atoms with Gasteiger partial charge in [-0.25, -0.2) is 4.39 Å². The number of hydrogen-bond donors (Lipinski definition) is 2. The fraction of sp³-hybridized carbons (Fsp3) is 0.346. The van der Waals surface area contributed by atoms with Crippen LogP contribution in [-0.4, -0.2) is 68.3 Å². The van der Waals surface area contributed by atoms with E-state index in [-0.39, 0.29) is 12.3 Å². The average Bonchev–Trinajstić information content (AvgIpc) is 3.35. The maximum atomic E-state index is 14.6. The van der Waals surface area contributed by atoms with Crippen molar-refractivity contribution in [2.75, 3.05) is 31.1 Å². The van der Waals surface area contributed by atoms with E-state index in [2.05, 4.69) is 37.2 Å². The zero-order valence-corrected chi connectivity index (χ0v) is 19.5. The van der Waals surface area contributed by atoms with Crippen LogP contribution in [0.25, 0.3) is 28.0 Å². The van der Waals surface area contributed by atoms with Gasteiger partial charge in [-0.2, -0.15) is 14.9 Å². The standard InChI is InChI=1S/C26H27FN6O2/c1-16-3-2-4-21(27)26(16)33-23(35)13-22-25(30-33)24(29-28-22)17-5-7-18(8-6-17)31-14-19-9-10-20(15-31)32(19)11-12-34/h2-8,13,19-20,28,34H,9-12,14-15H2,1H3. The summed E-state index contributed by atoms with van der Waals surface area (Å²) in [5.74, 6) is -0.499. The fourth-order valence-corrected chi connectivity index (χ4v) is 5.65. The smallest absolute Gasteiger partial charge is 0.273 e. The average molecular weight is 475 g/mol. The third kappa shape index (κ3) is 3.71. The summed E-state index contributed by atoms with van der Waals surface area (Å²) in [7, 11) is 0. The molecule has 0 amide bonds. The zero-order valence-electron chi connectivity index (χ0n) is 19.5. The van der Waals surface area contributed by atoms with E-state index in [1.165, 1.54) is 25.0 Å². The highest BCUT2D eigenvalue weighted by Crippen LogP contribution is 2.33. The molecule has 2 bridgehead atoms. The van der Waals surface area contributed by atoms with Crippen molar-refractivity contribution in [2.45, 2.75) is 31.8 Å². The molecule has 4 aromatic rings. The van der Waals surface area contributed by atoms with E-state index in [0.29, 0.717) is 34.4 Å². The Kier molecular flexibility index (Phi) is 5.38. The molecule has 180 valence electrons. The number of rotatable bonds is 5. The zero-order chi connectivity index (χ0) is 24.1. The van der Waals surface area contributed by atoms with Crippen molar-refractivity contribution >= 4 is 16.7 Å². The van der Waals surface area contributed by atoms with E-state index in [1.807, 2.05) is 12.1 Å². The van der Waals surface area contributed by atoms with Gasteiger partial charge in [-0.1, -0.05) is 24.3 Å². The molecule has 0 spiro atoms. The number of halogens is 1. The van der Waals surface area contributed by atoms with Crippen LogP contribution in [0.15, 0.2) is 53.3 Å². The van der Waals surface area contributed by atoms with Gasteiger partial charge < -0.3 is 10.0 Å². The van der Waals surface area contributed by atoms with Gasteiger partial charge in [0.2, 0.25) is 0 Å². The lowest BCUT2D eigenvalue weighted by Gasteiger charge is -2.42. The summed E-state index contributed by atoms with van der Waals surface area (Å²) in [5.41, 5.74) is 4.00. The molecular formula is C26H27FN6O2. The number of para-hydroxylation sites is 1. The molecule has 2 saturated heterocycles. The van der Waals surface area contributed by atoms with E-state index < -0.39 is 11.4 Å². The van der Waals surface area contributed by atoms with Crippen LogP contribution in [0, 0.1) is 12.7 Å². The van der Waals surface area contributed by atoms with Crippen molar-refractivity contribution in [1.82, 2.24) is 24.9 Å². The second kappa shape index (κ2) is 8.58. The number of nitrogens with zero attached hydrogens (tertiary/aromatic N) is 5. The number of aromatic amines is 1. The van der Waals surface area contributed by atoms with Crippen molar-refractivity contribution in [2.24, 2.45) is 0 Å². The molecule has 2 aromatic carbocycles. The van der Waals surface area contributed by atoms with Crippen LogP contribution >= 0.6 is 0 Å². The van der Waals surface area contributed by atoms with Gasteiger partial charge in [0, 0.05) is 49.0 Å². The van der Waals surface area contributed by atoms with Gasteiger partial charge in [-0.15, -0.1) is 0 Å². The predicted octanol–water partition coefficient (Wildman–Crippen LogP) is 2.87. The highest BCUT2D eigenvalue weighted by molar-refractivity contribution is 5.89. The van der Waals surface area contributed by atoms with Gasteiger partial charge >= 0.3 is 0 Å². The number of aliphatic hydroxyl groups excluding tert-OH is 1. The van der Waals surface area contributed by atoms with Crippen LogP contribution in [0.5, 0.6) is 0 Å². The third-order valence-corrected chi connectivity index (χ3v) is 7.34. The van der Waals surface area contributed by atoms with Gasteiger partial charge in [-0.05, 0) is 43.5 Å². The Bertz CT molecular complexity index is 1410. The quantitative estimate of drug-likeness (QED) is 0.462. The first-order chi connectivity index (χ1) is 17.0. The number of aryl methyl sites for hydroxylation is 1. The Balaban J connectivity index is 1.32. The molecule has 2 aliphatic heterocycles. The molecule has 35 heavy (non-hydrogen) atoms. The topological polar surface area (TPSA) is 90.3 Å². The lowest BCUT2D eigenvalue weighted by Crippen LogP contribution is -2.54. The van der Waals surface area contributed by atoms with E-state index in [4.69, 9.17) is 0 Å². The number of piperazine rings is 1. The van der Waals surface area contributed by atoms with Gasteiger partial charge in [0.05, 0.1) is 12.1 Å². The highest BCUT2D eigenvalue weighted by atomic mass is 19.1. The second-order valence-corrected chi connectivity index (χ2v) is 9.43. The Hall–Kier alpha value is -3.56. The molecule has 0 aliphatic carbocycles. The number of nitrogens with one attached hydrogen (secondary N) is 1. The first-order valence-electron chi connectivity index (χ1n) is 12.0. The van der Waals surface area contributed by atoms with Crippen molar-refractivity contribution < 1.29 is 9.50 Å². The van der Waals surface area contributed by atoms with Gasteiger partial charge in [0.15, 0.2) is 0 Å². The van der Waals surface area contributed by atoms with Crippen molar-refractivity contribution in [3.8, 4) is 16.9 Å². The summed E-state index contributed by atoms with van der Waals surface area (Å²) in [4.78, 5) is 17.6. The van der Waals surface area contributed by atoms with Crippen LogP contribution < -0.4 is 10.5 Å². The number of aliphatic hydroxyl groups is 1. The first-order valence-corrected chi connectivity index (χ1v) is 12.0.